The van der Waals surface area contributed by atoms with Crippen molar-refractivity contribution in [1.82, 2.24) is 0 Å². The first-order valence-corrected chi connectivity index (χ1v) is 3.74. The molecular formula is C8H20O4. The quantitative estimate of drug-likeness (QED) is 0.697. The third kappa shape index (κ3) is 342. The van der Waals surface area contributed by atoms with E-state index in [0.29, 0.717) is 0 Å². The number of carboxylic acid groups (broad SMARTS) is 1. The summed E-state index contributed by atoms with van der Waals surface area (Å²) in [5, 5.41) is 7.42. The minimum atomic E-state index is -0.833. The zero-order valence-corrected chi connectivity index (χ0v) is 8.59. The highest BCUT2D eigenvalue weighted by molar-refractivity contribution is 5.62. The number of ether oxygens (including phenoxy) is 2. The second kappa shape index (κ2) is 22.4. The van der Waals surface area contributed by atoms with Crippen molar-refractivity contribution in [3.63, 3.8) is 0 Å². The minimum absolute atomic E-state index is 0.833. The van der Waals surface area contributed by atoms with Crippen LogP contribution in [0.15, 0.2) is 0 Å². The molecular weight excluding hydrogens is 160 g/mol. The van der Waals surface area contributed by atoms with E-state index in [-0.39, 0.29) is 0 Å². The fraction of sp³-hybridized carbons (Fsp3) is 0.875. The number of hydrogen-bond acceptors (Lipinski definition) is 3. The van der Waals surface area contributed by atoms with E-state index in [0.717, 1.165) is 20.1 Å². The van der Waals surface area contributed by atoms with Crippen molar-refractivity contribution in [2.24, 2.45) is 0 Å². The van der Waals surface area contributed by atoms with Crippen molar-refractivity contribution in [2.75, 3.05) is 27.4 Å². The van der Waals surface area contributed by atoms with Crippen molar-refractivity contribution < 1.29 is 19.4 Å². The molecule has 0 aliphatic heterocycles. The van der Waals surface area contributed by atoms with Gasteiger partial charge in [-0.15, -0.1) is 0 Å². The highest BCUT2D eigenvalue weighted by Crippen LogP contribution is 1.64. The Labute approximate surface area is 74.5 Å². The second-order valence-corrected chi connectivity index (χ2v) is 1.71. The number of methoxy groups -OCH3 is 1. The predicted molar refractivity (Wildman–Crippen MR) is 48.4 cm³/mol. The summed E-state index contributed by atoms with van der Waals surface area (Å²) in [6.45, 7) is 6.75. The molecule has 0 aliphatic carbocycles. The van der Waals surface area contributed by atoms with Crippen LogP contribution in [0, 0.1) is 0 Å². The van der Waals surface area contributed by atoms with Crippen LogP contribution in [0.2, 0.25) is 0 Å². The Kier molecular flexibility index (Phi) is 32.7. The van der Waals surface area contributed by atoms with Crippen LogP contribution < -0.4 is 0 Å². The number of aliphatic carboxylic acids is 1. The molecule has 76 valence electrons. The SMILES string of the molecule is CC(=O)O.CCOCC.COC. The van der Waals surface area contributed by atoms with Crippen LogP contribution in [0.3, 0.4) is 0 Å². The monoisotopic (exact) mass is 180 g/mol. The second-order valence-electron chi connectivity index (χ2n) is 1.71. The molecule has 4 heteroatoms. The van der Waals surface area contributed by atoms with Gasteiger partial charge in [0.2, 0.25) is 0 Å². The normalized spacial score (nSPS) is 7.08. The molecule has 0 aliphatic rings. The molecule has 12 heavy (non-hydrogen) atoms. The lowest BCUT2D eigenvalue weighted by atomic mass is 10.8. The van der Waals surface area contributed by atoms with Gasteiger partial charge in [0.1, 0.15) is 0 Å². The third-order valence-electron chi connectivity index (χ3n) is 0.408. The first-order chi connectivity index (χ1) is 5.56. The van der Waals surface area contributed by atoms with E-state index in [1.807, 2.05) is 13.8 Å². The van der Waals surface area contributed by atoms with E-state index in [1.165, 1.54) is 0 Å². The molecule has 0 aromatic rings. The lowest BCUT2D eigenvalue weighted by Crippen LogP contribution is -1.84. The summed E-state index contributed by atoms with van der Waals surface area (Å²) in [5.74, 6) is -0.833. The summed E-state index contributed by atoms with van der Waals surface area (Å²) in [4.78, 5) is 9.00. The van der Waals surface area contributed by atoms with Gasteiger partial charge in [0, 0.05) is 34.4 Å². The van der Waals surface area contributed by atoms with E-state index >= 15 is 0 Å². The van der Waals surface area contributed by atoms with Gasteiger partial charge in [0.15, 0.2) is 0 Å². The molecule has 0 aromatic carbocycles. The Balaban J connectivity index is -0.000000105. The molecule has 0 rings (SSSR count). The summed E-state index contributed by atoms with van der Waals surface area (Å²) < 4.78 is 9.08. The first-order valence-electron chi connectivity index (χ1n) is 3.74. The van der Waals surface area contributed by atoms with E-state index < -0.39 is 5.97 Å². The summed E-state index contributed by atoms with van der Waals surface area (Å²) in [6.07, 6.45) is 0. The summed E-state index contributed by atoms with van der Waals surface area (Å²) in [6, 6.07) is 0. The average molecular weight is 180 g/mol. The van der Waals surface area contributed by atoms with Crippen molar-refractivity contribution in [3.8, 4) is 0 Å². The first kappa shape index (κ1) is 17.5. The zero-order valence-electron chi connectivity index (χ0n) is 8.59. The Hall–Kier alpha value is -0.610. The minimum Gasteiger partial charge on any atom is -0.481 e. The molecule has 0 fully saturated rings. The summed E-state index contributed by atoms with van der Waals surface area (Å²) in [5.41, 5.74) is 0. The zero-order chi connectivity index (χ0) is 10.4. The van der Waals surface area contributed by atoms with Crippen molar-refractivity contribution in [1.29, 1.82) is 0 Å². The lowest BCUT2D eigenvalue weighted by molar-refractivity contribution is -0.134. The maximum absolute atomic E-state index is 9.00. The molecule has 0 heterocycles. The average Bonchev–Trinajstić information content (AvgIpc) is 1.89. The highest BCUT2D eigenvalue weighted by atomic mass is 16.5. The molecule has 0 spiro atoms. The standard InChI is InChI=1S/C4H10O.C2H4O2.C2H6O/c1-3-5-4-2;1-2(3)4;1-3-2/h3-4H2,1-2H3;1H3,(H,3,4);1-2H3. The Morgan fingerprint density at radius 1 is 1.25 bits per heavy atom. The lowest BCUT2D eigenvalue weighted by Gasteiger charge is -1.86. The fourth-order valence-corrected chi connectivity index (χ4v) is 0.204. The maximum atomic E-state index is 9.00. The van der Waals surface area contributed by atoms with Gasteiger partial charge in [0.05, 0.1) is 0 Å². The number of rotatable bonds is 2. The van der Waals surface area contributed by atoms with E-state index in [1.54, 1.807) is 14.2 Å². The van der Waals surface area contributed by atoms with Crippen LogP contribution in [0.1, 0.15) is 20.8 Å². The molecule has 0 amide bonds. The number of carboxylic acids is 1. The molecule has 0 saturated carbocycles. The van der Waals surface area contributed by atoms with Crippen molar-refractivity contribution in [2.45, 2.75) is 20.8 Å². The molecule has 1 N–H and O–H groups in total. The van der Waals surface area contributed by atoms with Gasteiger partial charge in [-0.25, -0.2) is 0 Å². The van der Waals surface area contributed by atoms with Crippen LogP contribution >= 0.6 is 0 Å². The molecule has 0 aromatic heterocycles. The Morgan fingerprint density at radius 3 is 1.42 bits per heavy atom. The Morgan fingerprint density at radius 2 is 1.42 bits per heavy atom. The van der Waals surface area contributed by atoms with E-state index in [4.69, 9.17) is 14.6 Å². The van der Waals surface area contributed by atoms with Gasteiger partial charge in [-0.05, 0) is 13.8 Å². The summed E-state index contributed by atoms with van der Waals surface area (Å²) in [7, 11) is 3.25. The number of hydrogen-bond donors (Lipinski definition) is 1. The molecule has 0 radical (unpaired) electrons. The van der Waals surface area contributed by atoms with E-state index in [2.05, 4.69) is 4.74 Å². The van der Waals surface area contributed by atoms with Crippen molar-refractivity contribution in [3.05, 3.63) is 0 Å². The van der Waals surface area contributed by atoms with Gasteiger partial charge >= 0.3 is 0 Å². The van der Waals surface area contributed by atoms with Crippen LogP contribution in [0.4, 0.5) is 0 Å². The third-order valence-corrected chi connectivity index (χ3v) is 0.408. The Bertz CT molecular complexity index is 67.5. The molecule has 0 atom stereocenters. The molecule has 0 bridgehead atoms. The topological polar surface area (TPSA) is 55.8 Å². The van der Waals surface area contributed by atoms with Gasteiger partial charge in [0.25, 0.3) is 5.97 Å². The van der Waals surface area contributed by atoms with Gasteiger partial charge in [-0.3, -0.25) is 4.79 Å². The van der Waals surface area contributed by atoms with E-state index in [9.17, 15) is 0 Å². The van der Waals surface area contributed by atoms with Crippen LogP contribution in [-0.2, 0) is 14.3 Å². The predicted octanol–water partition coefficient (Wildman–Crippen LogP) is 1.40. The van der Waals surface area contributed by atoms with Gasteiger partial charge in [-0.2, -0.15) is 0 Å². The molecule has 4 nitrogen and oxygen atoms in total. The maximum Gasteiger partial charge on any atom is 0.300 e. The fourth-order valence-electron chi connectivity index (χ4n) is 0.204. The molecule has 0 saturated heterocycles. The smallest absolute Gasteiger partial charge is 0.300 e. The molecule has 0 unspecified atom stereocenters. The van der Waals surface area contributed by atoms with Crippen LogP contribution in [-0.4, -0.2) is 38.5 Å². The number of carbonyl (C=O) groups is 1. The van der Waals surface area contributed by atoms with Gasteiger partial charge in [-0.1, -0.05) is 0 Å². The van der Waals surface area contributed by atoms with Crippen LogP contribution in [0.25, 0.3) is 0 Å². The highest BCUT2D eigenvalue weighted by Gasteiger charge is 1.65. The van der Waals surface area contributed by atoms with Gasteiger partial charge < -0.3 is 14.6 Å². The largest absolute Gasteiger partial charge is 0.481 e. The van der Waals surface area contributed by atoms with Crippen molar-refractivity contribution >= 4 is 5.97 Å². The summed E-state index contributed by atoms with van der Waals surface area (Å²) >= 11 is 0. The van der Waals surface area contributed by atoms with Crippen LogP contribution in [0.5, 0.6) is 0 Å².